The van der Waals surface area contributed by atoms with Crippen LogP contribution in [0.4, 0.5) is 0 Å². The summed E-state index contributed by atoms with van der Waals surface area (Å²) in [6, 6.07) is 3.60. The predicted octanol–water partition coefficient (Wildman–Crippen LogP) is 3.11. The van der Waals surface area contributed by atoms with Crippen LogP contribution >= 0.6 is 46.7 Å². The molecular formula is C18H30IN5O2S3. The Kier molecular flexibility index (Phi) is 11.6. The number of aryl methyl sites for hydroxylation is 1. The van der Waals surface area contributed by atoms with Gasteiger partial charge in [-0.1, -0.05) is 13.8 Å². The van der Waals surface area contributed by atoms with E-state index in [9.17, 15) is 8.42 Å². The van der Waals surface area contributed by atoms with Crippen molar-refractivity contribution in [1.29, 1.82) is 0 Å². The largest absolute Gasteiger partial charge is 0.356 e. The summed E-state index contributed by atoms with van der Waals surface area (Å²) in [5, 5.41) is 9.70. The van der Waals surface area contributed by atoms with Gasteiger partial charge in [0.05, 0.1) is 10.7 Å². The number of rotatable bonds is 10. The minimum absolute atomic E-state index is 0. The first-order valence-electron chi connectivity index (χ1n) is 9.35. The monoisotopic (exact) mass is 571 g/mol. The number of thiophene rings is 1. The molecule has 29 heavy (non-hydrogen) atoms. The molecule has 11 heteroatoms. The molecule has 0 radical (unpaired) electrons. The summed E-state index contributed by atoms with van der Waals surface area (Å²) in [6.07, 6.45) is 1.59. The van der Waals surface area contributed by atoms with E-state index in [1.807, 2.05) is 26.8 Å². The van der Waals surface area contributed by atoms with E-state index in [4.69, 9.17) is 0 Å². The number of halogens is 1. The van der Waals surface area contributed by atoms with Crippen LogP contribution in [-0.2, 0) is 22.9 Å². The van der Waals surface area contributed by atoms with Crippen LogP contribution in [0.3, 0.4) is 0 Å². The van der Waals surface area contributed by atoms with Gasteiger partial charge in [-0.05, 0) is 25.5 Å². The van der Waals surface area contributed by atoms with Gasteiger partial charge in [-0.25, -0.2) is 13.4 Å². The van der Waals surface area contributed by atoms with Crippen molar-refractivity contribution in [3.8, 4) is 0 Å². The zero-order chi connectivity index (χ0) is 20.6. The second-order valence-electron chi connectivity index (χ2n) is 6.09. The molecule has 0 aliphatic carbocycles. The average molecular weight is 572 g/mol. The van der Waals surface area contributed by atoms with E-state index in [0.717, 1.165) is 40.9 Å². The van der Waals surface area contributed by atoms with Crippen LogP contribution in [-0.4, -0.2) is 56.9 Å². The number of hydrogen-bond acceptors (Lipinski definition) is 6. The van der Waals surface area contributed by atoms with E-state index in [-0.39, 0.29) is 24.0 Å². The summed E-state index contributed by atoms with van der Waals surface area (Å²) >= 11 is 3.00. The third-order valence-corrected chi connectivity index (χ3v) is 8.65. The van der Waals surface area contributed by atoms with Crippen LogP contribution in [0.15, 0.2) is 26.7 Å². The highest BCUT2D eigenvalue weighted by Gasteiger charge is 2.23. The van der Waals surface area contributed by atoms with Gasteiger partial charge in [0.1, 0.15) is 4.21 Å². The van der Waals surface area contributed by atoms with Crippen LogP contribution in [0.1, 0.15) is 29.4 Å². The lowest BCUT2D eigenvalue weighted by atomic mass is 10.3. The number of thiazole rings is 1. The van der Waals surface area contributed by atoms with Gasteiger partial charge in [-0.3, -0.25) is 4.99 Å². The Morgan fingerprint density at radius 1 is 1.17 bits per heavy atom. The molecule has 0 aliphatic rings. The summed E-state index contributed by atoms with van der Waals surface area (Å²) in [5.41, 5.74) is 1.09. The van der Waals surface area contributed by atoms with Gasteiger partial charge in [0.25, 0.3) is 10.0 Å². The van der Waals surface area contributed by atoms with Crippen molar-refractivity contribution in [1.82, 2.24) is 19.9 Å². The van der Waals surface area contributed by atoms with Gasteiger partial charge in [0.2, 0.25) is 0 Å². The standard InChI is InChI=1S/C18H29N5O2S3.HI/c1-5-23(6-2)28(24,25)17-8-7-16(27-17)10-12-21-18(19-4)20-11-9-15-13-26-14(3)22-15;/h7-8,13H,5-6,9-12H2,1-4H3,(H2,19,20,21);1H. The van der Waals surface area contributed by atoms with Crippen LogP contribution < -0.4 is 10.6 Å². The third kappa shape index (κ3) is 7.78. The minimum Gasteiger partial charge on any atom is -0.356 e. The number of aromatic nitrogens is 1. The molecular weight excluding hydrogens is 541 g/mol. The number of guanidine groups is 1. The van der Waals surface area contributed by atoms with Crippen molar-refractivity contribution in [3.05, 3.63) is 33.1 Å². The average Bonchev–Trinajstić information content (AvgIpc) is 3.30. The lowest BCUT2D eigenvalue weighted by Crippen LogP contribution is -2.39. The third-order valence-electron chi connectivity index (χ3n) is 4.16. The molecule has 0 saturated heterocycles. The lowest BCUT2D eigenvalue weighted by molar-refractivity contribution is 0.447. The molecule has 2 rings (SSSR count). The van der Waals surface area contributed by atoms with E-state index in [1.165, 1.54) is 15.6 Å². The zero-order valence-electron chi connectivity index (χ0n) is 17.3. The summed E-state index contributed by atoms with van der Waals surface area (Å²) in [5.74, 6) is 0.736. The first-order chi connectivity index (χ1) is 13.4. The van der Waals surface area contributed by atoms with E-state index < -0.39 is 10.0 Å². The van der Waals surface area contributed by atoms with Gasteiger partial charge in [-0.2, -0.15) is 4.31 Å². The maximum absolute atomic E-state index is 12.6. The van der Waals surface area contributed by atoms with E-state index >= 15 is 0 Å². The number of nitrogens with one attached hydrogen (secondary N) is 2. The molecule has 2 aromatic rings. The highest BCUT2D eigenvalue weighted by molar-refractivity contribution is 14.0. The Labute approximate surface area is 199 Å². The molecule has 7 nitrogen and oxygen atoms in total. The van der Waals surface area contributed by atoms with E-state index in [1.54, 1.807) is 24.5 Å². The molecule has 0 aromatic carbocycles. The Bertz CT molecular complexity index is 876. The maximum atomic E-state index is 12.6. The summed E-state index contributed by atoms with van der Waals surface area (Å²) in [6.45, 7) is 8.12. The lowest BCUT2D eigenvalue weighted by Gasteiger charge is -2.16. The SMILES string of the molecule is CCN(CC)S(=O)(=O)c1ccc(CCNC(=NC)NCCc2csc(C)n2)s1.I. The van der Waals surface area contributed by atoms with E-state index in [2.05, 4.69) is 26.0 Å². The molecule has 0 bridgehead atoms. The smallest absolute Gasteiger partial charge is 0.252 e. The Morgan fingerprint density at radius 2 is 1.83 bits per heavy atom. The quantitative estimate of drug-likeness (QED) is 0.260. The van der Waals surface area contributed by atoms with Gasteiger partial charge < -0.3 is 10.6 Å². The van der Waals surface area contributed by atoms with Crippen LogP contribution in [0, 0.1) is 6.92 Å². The van der Waals surface area contributed by atoms with Crippen LogP contribution in [0.25, 0.3) is 0 Å². The predicted molar refractivity (Wildman–Crippen MR) is 133 cm³/mol. The summed E-state index contributed by atoms with van der Waals surface area (Å²) in [7, 11) is -1.63. The second kappa shape index (κ2) is 12.8. The molecule has 0 amide bonds. The van der Waals surface area contributed by atoms with Crippen molar-refractivity contribution >= 4 is 62.6 Å². The Morgan fingerprint density at radius 3 is 2.38 bits per heavy atom. The first kappa shape index (κ1) is 26.3. The topological polar surface area (TPSA) is 86.7 Å². The fraction of sp³-hybridized carbons (Fsp3) is 0.556. The highest BCUT2D eigenvalue weighted by Crippen LogP contribution is 2.25. The molecule has 2 heterocycles. The molecule has 0 aliphatic heterocycles. The fourth-order valence-corrected chi connectivity index (χ4v) is 6.29. The summed E-state index contributed by atoms with van der Waals surface area (Å²) in [4.78, 5) is 9.71. The zero-order valence-corrected chi connectivity index (χ0v) is 22.0. The first-order valence-corrected chi connectivity index (χ1v) is 12.5. The molecule has 0 saturated carbocycles. The number of sulfonamides is 1. The van der Waals surface area contributed by atoms with Gasteiger partial charge in [0.15, 0.2) is 5.96 Å². The van der Waals surface area contributed by atoms with Gasteiger partial charge in [-0.15, -0.1) is 46.7 Å². The summed E-state index contributed by atoms with van der Waals surface area (Å²) < 4.78 is 27.0. The molecule has 2 aromatic heterocycles. The van der Waals surface area contributed by atoms with Crippen molar-refractivity contribution in [2.45, 2.75) is 37.8 Å². The van der Waals surface area contributed by atoms with Crippen LogP contribution in [0.2, 0.25) is 0 Å². The van der Waals surface area contributed by atoms with E-state index in [0.29, 0.717) is 23.8 Å². The molecule has 0 fully saturated rings. The maximum Gasteiger partial charge on any atom is 0.252 e. The molecule has 2 N–H and O–H groups in total. The second-order valence-corrected chi connectivity index (χ2v) is 10.5. The molecule has 164 valence electrons. The minimum atomic E-state index is -3.37. The number of hydrogen-bond donors (Lipinski definition) is 2. The normalized spacial score (nSPS) is 12.1. The van der Waals surface area contributed by atoms with Crippen molar-refractivity contribution < 1.29 is 8.42 Å². The van der Waals surface area contributed by atoms with Crippen molar-refractivity contribution in [3.63, 3.8) is 0 Å². The number of nitrogens with zero attached hydrogens (tertiary/aromatic N) is 3. The van der Waals surface area contributed by atoms with Gasteiger partial charge >= 0.3 is 0 Å². The molecule has 0 spiro atoms. The molecule has 0 atom stereocenters. The highest BCUT2D eigenvalue weighted by atomic mass is 127. The number of aliphatic imine (C=N–C) groups is 1. The van der Waals surface area contributed by atoms with Gasteiger partial charge in [0, 0.05) is 49.9 Å². The fourth-order valence-electron chi connectivity index (χ4n) is 2.68. The van der Waals surface area contributed by atoms with Crippen molar-refractivity contribution in [2.75, 3.05) is 33.2 Å². The van der Waals surface area contributed by atoms with Crippen LogP contribution in [0.5, 0.6) is 0 Å². The Hall–Kier alpha value is -0.760. The Balaban J connectivity index is 0.00000420. The molecule has 0 unspecified atom stereocenters. The van der Waals surface area contributed by atoms with Crippen molar-refractivity contribution in [2.24, 2.45) is 4.99 Å².